The Morgan fingerprint density at radius 1 is 1.47 bits per heavy atom. The Morgan fingerprint density at radius 3 is 2.63 bits per heavy atom. The van der Waals surface area contributed by atoms with Crippen LogP contribution in [0.5, 0.6) is 0 Å². The number of aliphatic carboxylic acids is 1. The molecule has 0 aliphatic heterocycles. The number of carboxylic acids is 1. The van der Waals surface area contributed by atoms with Gasteiger partial charge in [-0.1, -0.05) is 6.07 Å². The number of hydrogen-bond acceptors (Lipinski definition) is 3. The summed E-state index contributed by atoms with van der Waals surface area (Å²) in [4.78, 5) is 21.8. The Labute approximate surface area is 109 Å². The van der Waals surface area contributed by atoms with Crippen LogP contribution in [0.25, 0.3) is 10.9 Å². The van der Waals surface area contributed by atoms with Gasteiger partial charge in [0.2, 0.25) is 0 Å². The number of benzene rings is 1. The number of carboxylic acid groups (broad SMARTS) is 1. The molecule has 0 amide bonds. The summed E-state index contributed by atoms with van der Waals surface area (Å²) >= 11 is 0. The standard InChI is InChI=1S/C13H14N2O4/c1-7-4-5-10(15(18)19)12-11(7)9(6-14(12)3)8(2)13(16)17/h4-6,8H,1-3H3,(H,16,17). The van der Waals surface area contributed by atoms with Gasteiger partial charge in [0.25, 0.3) is 5.69 Å². The van der Waals surface area contributed by atoms with E-state index in [1.807, 2.05) is 6.92 Å². The van der Waals surface area contributed by atoms with Crippen molar-refractivity contribution in [1.82, 2.24) is 4.57 Å². The molecule has 1 N–H and O–H groups in total. The molecule has 1 unspecified atom stereocenters. The summed E-state index contributed by atoms with van der Waals surface area (Å²) in [5.41, 5.74) is 1.90. The quantitative estimate of drug-likeness (QED) is 0.680. The van der Waals surface area contributed by atoms with Crippen molar-refractivity contribution in [2.24, 2.45) is 7.05 Å². The average Bonchev–Trinajstić information content (AvgIpc) is 2.67. The molecule has 0 aliphatic carbocycles. The largest absolute Gasteiger partial charge is 0.481 e. The van der Waals surface area contributed by atoms with Gasteiger partial charge in [-0.15, -0.1) is 0 Å². The second-order valence-corrected chi connectivity index (χ2v) is 4.64. The summed E-state index contributed by atoms with van der Waals surface area (Å²) in [5.74, 6) is -1.65. The molecule has 2 aromatic rings. The third-order valence-corrected chi connectivity index (χ3v) is 3.37. The molecule has 6 heteroatoms. The minimum atomic E-state index is -0.946. The van der Waals surface area contributed by atoms with E-state index in [-0.39, 0.29) is 5.69 Å². The van der Waals surface area contributed by atoms with Crippen LogP contribution in [-0.4, -0.2) is 20.6 Å². The molecule has 0 spiro atoms. The lowest BCUT2D eigenvalue weighted by Crippen LogP contribution is -2.07. The maximum Gasteiger partial charge on any atom is 0.310 e. The second kappa shape index (κ2) is 4.38. The molecule has 0 aliphatic rings. The second-order valence-electron chi connectivity index (χ2n) is 4.64. The van der Waals surface area contributed by atoms with Gasteiger partial charge in [0, 0.05) is 24.7 Å². The van der Waals surface area contributed by atoms with Crippen molar-refractivity contribution in [3.05, 3.63) is 39.6 Å². The van der Waals surface area contributed by atoms with Gasteiger partial charge in [0.05, 0.1) is 10.8 Å². The highest BCUT2D eigenvalue weighted by molar-refractivity contribution is 5.96. The number of nitro benzene ring substituents is 1. The van der Waals surface area contributed by atoms with E-state index < -0.39 is 16.8 Å². The van der Waals surface area contributed by atoms with Crippen LogP contribution in [0.15, 0.2) is 18.3 Å². The minimum absolute atomic E-state index is 0.00746. The van der Waals surface area contributed by atoms with Crippen molar-refractivity contribution in [2.75, 3.05) is 0 Å². The number of nitrogens with zero attached hydrogens (tertiary/aromatic N) is 2. The molecule has 6 nitrogen and oxygen atoms in total. The van der Waals surface area contributed by atoms with Gasteiger partial charge in [-0.25, -0.2) is 0 Å². The van der Waals surface area contributed by atoms with Crippen molar-refractivity contribution < 1.29 is 14.8 Å². The number of hydrogen-bond donors (Lipinski definition) is 1. The lowest BCUT2D eigenvalue weighted by atomic mass is 9.97. The van der Waals surface area contributed by atoms with Crippen LogP contribution in [0.3, 0.4) is 0 Å². The van der Waals surface area contributed by atoms with Crippen molar-refractivity contribution in [3.8, 4) is 0 Å². The van der Waals surface area contributed by atoms with Gasteiger partial charge >= 0.3 is 5.97 Å². The van der Waals surface area contributed by atoms with Crippen LogP contribution < -0.4 is 0 Å². The van der Waals surface area contributed by atoms with E-state index in [0.717, 1.165) is 5.56 Å². The Kier molecular flexibility index (Phi) is 3.01. The number of carbonyl (C=O) groups is 1. The molecule has 19 heavy (non-hydrogen) atoms. The molecule has 2 rings (SSSR count). The van der Waals surface area contributed by atoms with Crippen molar-refractivity contribution in [2.45, 2.75) is 19.8 Å². The van der Waals surface area contributed by atoms with Gasteiger partial charge < -0.3 is 9.67 Å². The van der Waals surface area contributed by atoms with Crippen LogP contribution >= 0.6 is 0 Å². The van der Waals surface area contributed by atoms with Gasteiger partial charge in [0.1, 0.15) is 5.52 Å². The summed E-state index contributed by atoms with van der Waals surface area (Å²) in [6, 6.07) is 3.10. The van der Waals surface area contributed by atoms with Crippen LogP contribution in [0.1, 0.15) is 24.0 Å². The van der Waals surface area contributed by atoms with E-state index in [1.54, 1.807) is 30.8 Å². The normalized spacial score (nSPS) is 12.6. The fourth-order valence-corrected chi connectivity index (χ4v) is 2.35. The maximum atomic E-state index is 11.1. The number of non-ortho nitro benzene ring substituents is 1. The molecule has 0 fully saturated rings. The highest BCUT2D eigenvalue weighted by atomic mass is 16.6. The van der Waals surface area contributed by atoms with Gasteiger partial charge in [0.15, 0.2) is 0 Å². The topological polar surface area (TPSA) is 85.4 Å². The zero-order valence-corrected chi connectivity index (χ0v) is 10.9. The SMILES string of the molecule is Cc1ccc([N+](=O)[O-])c2c1c(C(C)C(=O)O)cn2C. The van der Waals surface area contributed by atoms with Crippen LogP contribution in [0.4, 0.5) is 5.69 Å². The van der Waals surface area contributed by atoms with Gasteiger partial charge in [-0.05, 0) is 25.0 Å². The minimum Gasteiger partial charge on any atom is -0.481 e. The zero-order chi connectivity index (χ0) is 14.3. The first kappa shape index (κ1) is 13.1. The van der Waals surface area contributed by atoms with Crippen molar-refractivity contribution in [3.63, 3.8) is 0 Å². The third-order valence-electron chi connectivity index (χ3n) is 3.37. The van der Waals surface area contributed by atoms with E-state index in [4.69, 9.17) is 5.11 Å². The summed E-state index contributed by atoms with van der Waals surface area (Å²) in [5, 5.41) is 20.9. The lowest BCUT2D eigenvalue weighted by molar-refractivity contribution is -0.383. The first-order valence-corrected chi connectivity index (χ1v) is 5.80. The molecular formula is C13H14N2O4. The molecule has 100 valence electrons. The Balaban J connectivity index is 2.87. The van der Waals surface area contributed by atoms with Crippen LogP contribution in [-0.2, 0) is 11.8 Å². The summed E-state index contributed by atoms with van der Waals surface area (Å²) in [7, 11) is 1.69. The molecule has 0 saturated carbocycles. The number of nitro groups is 1. The zero-order valence-electron chi connectivity index (χ0n) is 10.9. The van der Waals surface area contributed by atoms with Gasteiger partial charge in [-0.3, -0.25) is 14.9 Å². The molecule has 0 radical (unpaired) electrons. The van der Waals surface area contributed by atoms with Crippen molar-refractivity contribution >= 4 is 22.6 Å². The van der Waals surface area contributed by atoms with E-state index >= 15 is 0 Å². The van der Waals surface area contributed by atoms with Crippen LogP contribution in [0, 0.1) is 17.0 Å². The first-order chi connectivity index (χ1) is 8.84. The Bertz CT molecular complexity index is 687. The predicted molar refractivity (Wildman–Crippen MR) is 70.4 cm³/mol. The maximum absolute atomic E-state index is 11.1. The van der Waals surface area contributed by atoms with Crippen LogP contribution in [0.2, 0.25) is 0 Å². The summed E-state index contributed by atoms with van der Waals surface area (Å²) < 4.78 is 1.62. The molecule has 1 aromatic carbocycles. The predicted octanol–water partition coefficient (Wildman–Crippen LogP) is 2.58. The molecule has 0 bridgehead atoms. The molecule has 0 saturated heterocycles. The first-order valence-electron chi connectivity index (χ1n) is 5.80. The Hall–Kier alpha value is -2.37. The summed E-state index contributed by atoms with van der Waals surface area (Å²) in [6.07, 6.45) is 1.66. The highest BCUT2D eigenvalue weighted by Gasteiger charge is 2.24. The van der Waals surface area contributed by atoms with Crippen molar-refractivity contribution in [1.29, 1.82) is 0 Å². The number of rotatable bonds is 3. The number of aromatic nitrogens is 1. The molecule has 1 atom stereocenters. The highest BCUT2D eigenvalue weighted by Crippen LogP contribution is 2.35. The fraction of sp³-hybridized carbons (Fsp3) is 0.308. The summed E-state index contributed by atoms with van der Waals surface area (Å²) in [6.45, 7) is 3.40. The average molecular weight is 262 g/mol. The van der Waals surface area contributed by atoms with E-state index in [9.17, 15) is 14.9 Å². The number of fused-ring (bicyclic) bond motifs is 1. The molecular weight excluding hydrogens is 248 g/mol. The van der Waals surface area contributed by atoms with Gasteiger partial charge in [-0.2, -0.15) is 0 Å². The lowest BCUT2D eigenvalue weighted by Gasteiger charge is -2.06. The number of aryl methyl sites for hydroxylation is 2. The smallest absolute Gasteiger partial charge is 0.310 e. The third kappa shape index (κ3) is 1.95. The van der Waals surface area contributed by atoms with E-state index in [0.29, 0.717) is 16.5 Å². The Morgan fingerprint density at radius 2 is 2.11 bits per heavy atom. The fourth-order valence-electron chi connectivity index (χ4n) is 2.35. The molecule has 1 aromatic heterocycles. The monoisotopic (exact) mass is 262 g/mol. The molecule has 1 heterocycles. The van der Waals surface area contributed by atoms with E-state index in [2.05, 4.69) is 0 Å². The van der Waals surface area contributed by atoms with E-state index in [1.165, 1.54) is 6.07 Å².